The number of hydrogen-bond donors (Lipinski definition) is 0. The van der Waals surface area contributed by atoms with Gasteiger partial charge in [0.15, 0.2) is 5.78 Å². The van der Waals surface area contributed by atoms with E-state index in [1.807, 2.05) is 27.7 Å². The van der Waals surface area contributed by atoms with Gasteiger partial charge in [0.05, 0.1) is 7.11 Å². The molecule has 0 aromatic heterocycles. The Morgan fingerprint density at radius 1 is 1.29 bits per heavy atom. The second kappa shape index (κ2) is 6.63. The van der Waals surface area contributed by atoms with Crippen LogP contribution in [0.2, 0.25) is 0 Å². The minimum Gasteiger partial charge on any atom is -0.501 e. The van der Waals surface area contributed by atoms with E-state index < -0.39 is 0 Å². The van der Waals surface area contributed by atoms with Gasteiger partial charge < -0.3 is 4.74 Å². The quantitative estimate of drug-likeness (QED) is 0.484. The molecule has 0 spiro atoms. The fraction of sp³-hybridized carbons (Fsp3) is 0.750. The fourth-order valence-electron chi connectivity index (χ4n) is 1.41. The summed E-state index contributed by atoms with van der Waals surface area (Å²) < 4.78 is 5.16. The Kier molecular flexibility index (Phi) is 6.26. The van der Waals surface area contributed by atoms with E-state index in [0.29, 0.717) is 0 Å². The lowest BCUT2D eigenvalue weighted by atomic mass is 9.96. The lowest BCUT2D eigenvalue weighted by Gasteiger charge is -2.12. The number of carbonyl (C=O) groups excluding carboxylic acids is 1. The van der Waals surface area contributed by atoms with Crippen LogP contribution in [0, 0.1) is 11.8 Å². The third-order valence-corrected chi connectivity index (χ3v) is 2.48. The Bertz CT molecular complexity index is 200. The SMILES string of the molecule is CCC(CC)C(=O)/C=C(\OC)C(C)C. The molecule has 0 atom stereocenters. The maximum absolute atomic E-state index is 11.7. The molecule has 0 N–H and O–H groups in total. The van der Waals surface area contributed by atoms with Gasteiger partial charge in [-0.2, -0.15) is 0 Å². The van der Waals surface area contributed by atoms with Crippen molar-refractivity contribution in [3.05, 3.63) is 11.8 Å². The zero-order valence-electron chi connectivity index (χ0n) is 9.96. The number of carbonyl (C=O) groups is 1. The van der Waals surface area contributed by atoms with Gasteiger partial charge in [-0.3, -0.25) is 4.79 Å². The Balaban J connectivity index is 4.52. The van der Waals surface area contributed by atoms with Crippen molar-refractivity contribution in [2.75, 3.05) is 7.11 Å². The molecule has 2 heteroatoms. The van der Waals surface area contributed by atoms with Crippen LogP contribution in [0.5, 0.6) is 0 Å². The highest BCUT2D eigenvalue weighted by Crippen LogP contribution is 2.15. The highest BCUT2D eigenvalue weighted by Gasteiger charge is 2.14. The van der Waals surface area contributed by atoms with E-state index in [2.05, 4.69) is 0 Å². The van der Waals surface area contributed by atoms with Gasteiger partial charge in [0.2, 0.25) is 0 Å². The molecular weight excluding hydrogens is 176 g/mol. The van der Waals surface area contributed by atoms with E-state index in [1.165, 1.54) is 0 Å². The number of ketones is 1. The normalized spacial score (nSPS) is 12.4. The van der Waals surface area contributed by atoms with Crippen LogP contribution in [0.25, 0.3) is 0 Å². The summed E-state index contributed by atoms with van der Waals surface area (Å²) in [5.41, 5.74) is 0. The highest BCUT2D eigenvalue weighted by atomic mass is 16.5. The number of methoxy groups -OCH3 is 1. The lowest BCUT2D eigenvalue weighted by molar-refractivity contribution is -0.118. The molecule has 0 bridgehead atoms. The van der Waals surface area contributed by atoms with Crippen LogP contribution >= 0.6 is 0 Å². The van der Waals surface area contributed by atoms with Gasteiger partial charge in [-0.1, -0.05) is 27.7 Å². The monoisotopic (exact) mass is 198 g/mol. The van der Waals surface area contributed by atoms with Crippen LogP contribution in [0.1, 0.15) is 40.5 Å². The molecule has 82 valence electrons. The first-order chi connectivity index (χ1) is 6.56. The van der Waals surface area contributed by atoms with Gasteiger partial charge in [-0.25, -0.2) is 0 Å². The Labute approximate surface area is 87.3 Å². The van der Waals surface area contributed by atoms with Gasteiger partial charge in [-0.05, 0) is 12.8 Å². The van der Waals surface area contributed by atoms with Crippen molar-refractivity contribution in [3.8, 4) is 0 Å². The molecule has 0 saturated heterocycles. The minimum absolute atomic E-state index is 0.152. The minimum atomic E-state index is 0.152. The van der Waals surface area contributed by atoms with Crippen molar-refractivity contribution in [1.29, 1.82) is 0 Å². The predicted octanol–water partition coefficient (Wildman–Crippen LogP) is 3.18. The van der Waals surface area contributed by atoms with E-state index in [9.17, 15) is 4.79 Å². The molecule has 0 radical (unpaired) electrons. The summed E-state index contributed by atoms with van der Waals surface area (Å²) in [7, 11) is 1.62. The lowest BCUT2D eigenvalue weighted by Crippen LogP contribution is -2.12. The molecule has 0 amide bonds. The molecule has 0 saturated carbocycles. The highest BCUT2D eigenvalue weighted by molar-refractivity contribution is 5.92. The first kappa shape index (κ1) is 13.2. The maximum Gasteiger partial charge on any atom is 0.162 e. The predicted molar refractivity (Wildman–Crippen MR) is 59.0 cm³/mol. The second-order valence-electron chi connectivity index (χ2n) is 3.82. The van der Waals surface area contributed by atoms with Crippen LogP contribution < -0.4 is 0 Å². The van der Waals surface area contributed by atoms with Gasteiger partial charge in [0, 0.05) is 17.9 Å². The third kappa shape index (κ3) is 3.95. The molecular formula is C12H22O2. The van der Waals surface area contributed by atoms with E-state index in [0.717, 1.165) is 18.6 Å². The summed E-state index contributed by atoms with van der Waals surface area (Å²) in [4.78, 5) is 11.7. The summed E-state index contributed by atoms with van der Waals surface area (Å²) in [6.07, 6.45) is 3.46. The summed E-state index contributed by atoms with van der Waals surface area (Å²) >= 11 is 0. The molecule has 2 nitrogen and oxygen atoms in total. The number of ether oxygens (including phenoxy) is 1. The van der Waals surface area contributed by atoms with Crippen molar-refractivity contribution < 1.29 is 9.53 Å². The standard InChI is InChI=1S/C12H22O2/c1-6-10(7-2)11(13)8-12(14-5)9(3)4/h8-10H,6-7H2,1-5H3/b12-8-. The van der Waals surface area contributed by atoms with Crippen LogP contribution in [-0.4, -0.2) is 12.9 Å². The average molecular weight is 198 g/mol. The van der Waals surface area contributed by atoms with Gasteiger partial charge in [0.1, 0.15) is 5.76 Å². The average Bonchev–Trinajstić information content (AvgIpc) is 2.15. The van der Waals surface area contributed by atoms with Crippen molar-refractivity contribution in [2.24, 2.45) is 11.8 Å². The van der Waals surface area contributed by atoms with Crippen LogP contribution in [0.15, 0.2) is 11.8 Å². The topological polar surface area (TPSA) is 26.3 Å². The molecule has 0 aromatic carbocycles. The summed E-state index contributed by atoms with van der Waals surface area (Å²) in [6.45, 7) is 8.13. The molecule has 0 rings (SSSR count). The maximum atomic E-state index is 11.7. The van der Waals surface area contributed by atoms with Crippen LogP contribution in [0.3, 0.4) is 0 Å². The van der Waals surface area contributed by atoms with Crippen molar-refractivity contribution in [3.63, 3.8) is 0 Å². The zero-order chi connectivity index (χ0) is 11.1. The zero-order valence-corrected chi connectivity index (χ0v) is 9.96. The number of allylic oxidation sites excluding steroid dienone is 2. The largest absolute Gasteiger partial charge is 0.501 e. The van der Waals surface area contributed by atoms with E-state index in [1.54, 1.807) is 13.2 Å². The molecule has 0 unspecified atom stereocenters. The second-order valence-corrected chi connectivity index (χ2v) is 3.82. The summed E-state index contributed by atoms with van der Waals surface area (Å²) in [6, 6.07) is 0. The van der Waals surface area contributed by atoms with E-state index in [-0.39, 0.29) is 17.6 Å². The molecule has 0 heterocycles. The molecule has 0 aliphatic heterocycles. The number of hydrogen-bond acceptors (Lipinski definition) is 2. The Hall–Kier alpha value is -0.790. The van der Waals surface area contributed by atoms with Crippen molar-refractivity contribution >= 4 is 5.78 Å². The first-order valence-electron chi connectivity index (χ1n) is 5.36. The van der Waals surface area contributed by atoms with Gasteiger partial charge in [0.25, 0.3) is 0 Å². The smallest absolute Gasteiger partial charge is 0.162 e. The van der Waals surface area contributed by atoms with Crippen LogP contribution in [0.4, 0.5) is 0 Å². The molecule has 14 heavy (non-hydrogen) atoms. The van der Waals surface area contributed by atoms with E-state index in [4.69, 9.17) is 4.74 Å². The van der Waals surface area contributed by atoms with Crippen molar-refractivity contribution in [2.45, 2.75) is 40.5 Å². The van der Waals surface area contributed by atoms with Crippen LogP contribution in [-0.2, 0) is 9.53 Å². The molecule has 0 fully saturated rings. The summed E-state index contributed by atoms with van der Waals surface area (Å²) in [5.74, 6) is 1.40. The first-order valence-corrected chi connectivity index (χ1v) is 5.36. The number of rotatable bonds is 6. The van der Waals surface area contributed by atoms with Gasteiger partial charge in [-0.15, -0.1) is 0 Å². The Morgan fingerprint density at radius 2 is 1.79 bits per heavy atom. The molecule has 0 aliphatic carbocycles. The Morgan fingerprint density at radius 3 is 2.07 bits per heavy atom. The third-order valence-electron chi connectivity index (χ3n) is 2.48. The van der Waals surface area contributed by atoms with Gasteiger partial charge >= 0.3 is 0 Å². The summed E-state index contributed by atoms with van der Waals surface area (Å²) in [5, 5.41) is 0. The van der Waals surface area contributed by atoms with E-state index >= 15 is 0 Å². The fourth-order valence-corrected chi connectivity index (χ4v) is 1.41. The molecule has 0 aromatic rings. The molecule has 0 aliphatic rings. The van der Waals surface area contributed by atoms with Crippen molar-refractivity contribution in [1.82, 2.24) is 0 Å².